The summed E-state index contributed by atoms with van der Waals surface area (Å²) < 4.78 is 4.98. The van der Waals surface area contributed by atoms with Crippen molar-refractivity contribution in [1.29, 1.82) is 0 Å². The molecule has 17 heavy (non-hydrogen) atoms. The fourth-order valence-corrected chi connectivity index (χ4v) is 2.60. The molecule has 5 nitrogen and oxygen atoms in total. The minimum Gasteiger partial charge on any atom is -0.481 e. The Balaban J connectivity index is 2.05. The molecule has 0 bridgehead atoms. The second-order valence-electron chi connectivity index (χ2n) is 4.68. The standard InChI is InChI=1S/C12H17NO4/c1-2-8-17-11(16)13-7-3-4-9(13)12(5-6-12)10(14)15/h2,9H,1,3-8H2,(H,14,15). The molecule has 2 fully saturated rings. The molecule has 1 heterocycles. The number of likely N-dealkylation sites (tertiary alicyclic amines) is 1. The van der Waals surface area contributed by atoms with Crippen molar-refractivity contribution < 1.29 is 19.4 Å². The average molecular weight is 239 g/mol. The van der Waals surface area contributed by atoms with E-state index in [-0.39, 0.29) is 12.6 Å². The monoisotopic (exact) mass is 239 g/mol. The van der Waals surface area contributed by atoms with E-state index in [0.717, 1.165) is 12.8 Å². The Bertz CT molecular complexity index is 348. The van der Waals surface area contributed by atoms with Crippen LogP contribution in [0.3, 0.4) is 0 Å². The van der Waals surface area contributed by atoms with Crippen LogP contribution in [0.5, 0.6) is 0 Å². The van der Waals surface area contributed by atoms with Gasteiger partial charge in [-0.05, 0) is 25.7 Å². The lowest BCUT2D eigenvalue weighted by Gasteiger charge is -2.28. The first-order valence-corrected chi connectivity index (χ1v) is 5.89. The van der Waals surface area contributed by atoms with Gasteiger partial charge < -0.3 is 14.7 Å². The Kier molecular flexibility index (Phi) is 3.09. The molecule has 1 aliphatic carbocycles. The molecular weight excluding hydrogens is 222 g/mol. The van der Waals surface area contributed by atoms with E-state index >= 15 is 0 Å². The highest BCUT2D eigenvalue weighted by molar-refractivity contribution is 5.80. The molecule has 1 saturated carbocycles. The molecule has 1 aliphatic heterocycles. The van der Waals surface area contributed by atoms with E-state index in [1.54, 1.807) is 4.90 Å². The Morgan fingerprint density at radius 2 is 2.24 bits per heavy atom. The number of carbonyl (C=O) groups is 2. The van der Waals surface area contributed by atoms with Crippen molar-refractivity contribution in [3.05, 3.63) is 12.7 Å². The van der Waals surface area contributed by atoms with Crippen LogP contribution in [0.1, 0.15) is 25.7 Å². The van der Waals surface area contributed by atoms with Crippen molar-refractivity contribution in [2.24, 2.45) is 5.41 Å². The maximum Gasteiger partial charge on any atom is 0.410 e. The molecule has 1 amide bonds. The second-order valence-corrected chi connectivity index (χ2v) is 4.68. The molecule has 0 radical (unpaired) electrons. The molecule has 0 aromatic rings. The van der Waals surface area contributed by atoms with Gasteiger partial charge in [-0.2, -0.15) is 0 Å². The van der Waals surface area contributed by atoms with E-state index in [1.807, 2.05) is 0 Å². The van der Waals surface area contributed by atoms with Gasteiger partial charge >= 0.3 is 12.1 Å². The van der Waals surface area contributed by atoms with Crippen LogP contribution < -0.4 is 0 Å². The zero-order valence-electron chi connectivity index (χ0n) is 9.72. The van der Waals surface area contributed by atoms with Gasteiger partial charge in [0.2, 0.25) is 0 Å². The summed E-state index contributed by atoms with van der Waals surface area (Å²) in [6, 6.07) is -0.197. The first-order valence-electron chi connectivity index (χ1n) is 5.89. The molecular formula is C12H17NO4. The number of nitrogens with zero attached hydrogens (tertiary/aromatic N) is 1. The van der Waals surface area contributed by atoms with E-state index in [1.165, 1.54) is 6.08 Å². The van der Waals surface area contributed by atoms with Gasteiger partial charge in [-0.15, -0.1) is 0 Å². The van der Waals surface area contributed by atoms with E-state index in [2.05, 4.69) is 6.58 Å². The maximum atomic E-state index is 11.8. The largest absolute Gasteiger partial charge is 0.481 e. The van der Waals surface area contributed by atoms with E-state index in [9.17, 15) is 14.7 Å². The second kappa shape index (κ2) is 4.39. The van der Waals surface area contributed by atoms with Crippen LogP contribution in [-0.4, -0.2) is 41.3 Å². The van der Waals surface area contributed by atoms with Gasteiger partial charge in [0.25, 0.3) is 0 Å². The van der Waals surface area contributed by atoms with E-state index < -0.39 is 17.5 Å². The van der Waals surface area contributed by atoms with Crippen LogP contribution in [-0.2, 0) is 9.53 Å². The summed E-state index contributed by atoms with van der Waals surface area (Å²) in [5.41, 5.74) is -0.705. The Morgan fingerprint density at radius 3 is 2.76 bits per heavy atom. The molecule has 1 atom stereocenters. The summed E-state index contributed by atoms with van der Waals surface area (Å²) in [7, 11) is 0. The molecule has 0 aromatic heterocycles. The zero-order valence-corrected chi connectivity index (χ0v) is 9.72. The fourth-order valence-electron chi connectivity index (χ4n) is 2.60. The minimum absolute atomic E-state index is 0.169. The van der Waals surface area contributed by atoms with Crippen molar-refractivity contribution in [3.63, 3.8) is 0 Å². The first kappa shape index (κ1) is 12.0. The molecule has 0 spiro atoms. The molecule has 2 aliphatic rings. The number of carboxylic acid groups (broad SMARTS) is 1. The van der Waals surface area contributed by atoms with Crippen LogP contribution in [0.25, 0.3) is 0 Å². The smallest absolute Gasteiger partial charge is 0.410 e. The van der Waals surface area contributed by atoms with Gasteiger partial charge in [0.1, 0.15) is 6.61 Å². The predicted octanol–water partition coefficient (Wildman–Crippen LogP) is 1.64. The SMILES string of the molecule is C=CCOC(=O)N1CCCC1C1(C(=O)O)CC1. The number of hydrogen-bond donors (Lipinski definition) is 1. The highest BCUT2D eigenvalue weighted by atomic mass is 16.6. The average Bonchev–Trinajstić information content (AvgIpc) is 2.97. The number of hydrogen-bond acceptors (Lipinski definition) is 3. The Labute approximate surface area is 100 Å². The Morgan fingerprint density at radius 1 is 1.53 bits per heavy atom. The fraction of sp³-hybridized carbons (Fsp3) is 0.667. The van der Waals surface area contributed by atoms with Gasteiger partial charge in [-0.25, -0.2) is 4.79 Å². The quantitative estimate of drug-likeness (QED) is 0.757. The van der Waals surface area contributed by atoms with Gasteiger partial charge in [0.15, 0.2) is 0 Å². The zero-order chi connectivity index (χ0) is 12.5. The number of rotatable bonds is 4. The van der Waals surface area contributed by atoms with E-state index in [4.69, 9.17) is 4.74 Å². The number of amides is 1. The van der Waals surface area contributed by atoms with Crippen molar-refractivity contribution in [1.82, 2.24) is 4.90 Å². The molecule has 1 N–H and O–H groups in total. The van der Waals surface area contributed by atoms with Crippen molar-refractivity contribution in [2.75, 3.05) is 13.2 Å². The minimum atomic E-state index is -0.786. The third kappa shape index (κ3) is 2.01. The molecule has 94 valence electrons. The van der Waals surface area contributed by atoms with Crippen LogP contribution in [0.4, 0.5) is 4.79 Å². The highest BCUT2D eigenvalue weighted by Crippen LogP contribution is 2.53. The summed E-state index contributed by atoms with van der Waals surface area (Å²) in [6.07, 6.45) is 4.03. The molecule has 1 unspecified atom stereocenters. The summed E-state index contributed by atoms with van der Waals surface area (Å²) in [5, 5.41) is 9.24. The van der Waals surface area contributed by atoms with Crippen molar-refractivity contribution in [3.8, 4) is 0 Å². The van der Waals surface area contributed by atoms with Crippen LogP contribution >= 0.6 is 0 Å². The normalized spacial score (nSPS) is 25.4. The summed E-state index contributed by atoms with van der Waals surface area (Å²) in [4.78, 5) is 24.6. The van der Waals surface area contributed by atoms with Gasteiger partial charge in [0, 0.05) is 6.54 Å². The predicted molar refractivity (Wildman–Crippen MR) is 60.6 cm³/mol. The molecule has 1 saturated heterocycles. The topological polar surface area (TPSA) is 66.8 Å². The van der Waals surface area contributed by atoms with Crippen molar-refractivity contribution in [2.45, 2.75) is 31.7 Å². The number of aliphatic carboxylic acids is 1. The van der Waals surface area contributed by atoms with E-state index in [0.29, 0.717) is 19.4 Å². The summed E-state index contributed by atoms with van der Waals surface area (Å²) >= 11 is 0. The molecule has 0 aromatic carbocycles. The number of carbonyl (C=O) groups excluding carboxylic acids is 1. The highest BCUT2D eigenvalue weighted by Gasteiger charge is 2.59. The molecule has 5 heteroatoms. The Hall–Kier alpha value is -1.52. The van der Waals surface area contributed by atoms with Gasteiger partial charge in [-0.1, -0.05) is 12.7 Å². The first-order chi connectivity index (χ1) is 8.12. The maximum absolute atomic E-state index is 11.8. The van der Waals surface area contributed by atoms with Crippen molar-refractivity contribution >= 4 is 12.1 Å². The number of carboxylic acids is 1. The van der Waals surface area contributed by atoms with Gasteiger partial charge in [0.05, 0.1) is 11.5 Å². The third-order valence-corrected chi connectivity index (χ3v) is 3.66. The van der Waals surface area contributed by atoms with Crippen LogP contribution in [0.15, 0.2) is 12.7 Å². The summed E-state index contributed by atoms with van der Waals surface area (Å²) in [5.74, 6) is -0.786. The van der Waals surface area contributed by atoms with Crippen LogP contribution in [0.2, 0.25) is 0 Å². The lowest BCUT2D eigenvalue weighted by atomic mass is 9.94. The lowest BCUT2D eigenvalue weighted by Crippen LogP contribution is -2.44. The molecule has 2 rings (SSSR count). The third-order valence-electron chi connectivity index (χ3n) is 3.66. The summed E-state index contributed by atoms with van der Waals surface area (Å²) in [6.45, 7) is 4.24. The number of ether oxygens (including phenoxy) is 1. The van der Waals surface area contributed by atoms with Crippen LogP contribution in [0, 0.1) is 5.41 Å². The van der Waals surface area contributed by atoms with Gasteiger partial charge in [-0.3, -0.25) is 4.79 Å². The lowest BCUT2D eigenvalue weighted by molar-refractivity contribution is -0.145.